The summed E-state index contributed by atoms with van der Waals surface area (Å²) in [6.45, 7) is 4.05. The van der Waals surface area contributed by atoms with Crippen molar-refractivity contribution in [3.05, 3.63) is 23.0 Å². The fourth-order valence-electron chi connectivity index (χ4n) is 1.20. The second-order valence-electron chi connectivity index (χ2n) is 2.79. The third-order valence-electron chi connectivity index (χ3n) is 1.95. The maximum absolute atomic E-state index is 8.60. The first-order valence-corrected chi connectivity index (χ1v) is 3.94. The smallest absolute Gasteiger partial charge is 0.0668 e. The Bertz CT molecular complexity index is 300. The van der Waals surface area contributed by atoms with Gasteiger partial charge in [0.25, 0.3) is 0 Å². The van der Waals surface area contributed by atoms with Crippen molar-refractivity contribution in [1.29, 1.82) is 0 Å². The first-order valence-electron chi connectivity index (χ1n) is 3.94. The lowest BCUT2D eigenvalue weighted by Gasteiger charge is -1.93. The molecule has 1 rings (SSSR count). The fraction of sp³-hybridized carbons (Fsp3) is 0.444. The summed E-state index contributed by atoms with van der Waals surface area (Å²) in [5, 5.41) is 12.8. The number of aliphatic hydroxyl groups is 1. The third kappa shape index (κ3) is 1.56. The van der Waals surface area contributed by atoms with Crippen LogP contribution in [0.1, 0.15) is 17.0 Å². The van der Waals surface area contributed by atoms with Gasteiger partial charge in [0.1, 0.15) is 0 Å². The van der Waals surface area contributed by atoms with Crippen molar-refractivity contribution in [3.8, 4) is 0 Å². The van der Waals surface area contributed by atoms with Crippen molar-refractivity contribution < 1.29 is 5.11 Å². The van der Waals surface area contributed by atoms with Crippen molar-refractivity contribution >= 4 is 6.08 Å². The number of aliphatic hydroxyl groups excluding tert-OH is 1. The van der Waals surface area contributed by atoms with E-state index in [9.17, 15) is 0 Å². The Labute approximate surface area is 72.3 Å². The summed E-state index contributed by atoms with van der Waals surface area (Å²) >= 11 is 0. The van der Waals surface area contributed by atoms with E-state index >= 15 is 0 Å². The van der Waals surface area contributed by atoms with Gasteiger partial charge in [-0.2, -0.15) is 5.10 Å². The lowest BCUT2D eigenvalue weighted by molar-refractivity contribution is 0.343. The maximum atomic E-state index is 8.60. The lowest BCUT2D eigenvalue weighted by Crippen LogP contribution is -1.92. The average Bonchev–Trinajstić information content (AvgIpc) is 2.25. The molecule has 0 aromatic carbocycles. The topological polar surface area (TPSA) is 38.0 Å². The zero-order chi connectivity index (χ0) is 9.14. The molecule has 0 saturated carbocycles. The molecule has 1 heterocycles. The number of rotatable bonds is 2. The predicted octanol–water partition coefficient (Wildman–Crippen LogP) is 1.04. The number of hydrogen-bond acceptors (Lipinski definition) is 2. The minimum atomic E-state index is 0.0772. The molecule has 0 saturated heterocycles. The molecule has 0 aliphatic carbocycles. The number of nitrogens with zero attached hydrogens (tertiary/aromatic N) is 2. The molecular weight excluding hydrogens is 152 g/mol. The monoisotopic (exact) mass is 166 g/mol. The highest BCUT2D eigenvalue weighted by molar-refractivity contribution is 5.54. The highest BCUT2D eigenvalue weighted by Gasteiger charge is 2.04. The molecule has 0 fully saturated rings. The van der Waals surface area contributed by atoms with Crippen LogP contribution in [-0.4, -0.2) is 21.5 Å². The Kier molecular flexibility index (Phi) is 2.65. The van der Waals surface area contributed by atoms with Crippen molar-refractivity contribution in [3.63, 3.8) is 0 Å². The van der Waals surface area contributed by atoms with Crippen molar-refractivity contribution in [1.82, 2.24) is 9.78 Å². The van der Waals surface area contributed by atoms with Gasteiger partial charge >= 0.3 is 0 Å². The average molecular weight is 166 g/mol. The van der Waals surface area contributed by atoms with Gasteiger partial charge < -0.3 is 5.11 Å². The van der Waals surface area contributed by atoms with Crippen LogP contribution in [0.15, 0.2) is 6.08 Å². The first-order chi connectivity index (χ1) is 5.66. The zero-order valence-corrected chi connectivity index (χ0v) is 7.70. The number of aromatic nitrogens is 2. The second-order valence-corrected chi connectivity index (χ2v) is 2.79. The maximum Gasteiger partial charge on any atom is 0.0668 e. The van der Waals surface area contributed by atoms with Crippen LogP contribution in [-0.2, 0) is 7.05 Å². The van der Waals surface area contributed by atoms with E-state index in [2.05, 4.69) is 5.10 Å². The van der Waals surface area contributed by atoms with E-state index in [1.54, 1.807) is 6.08 Å². The van der Waals surface area contributed by atoms with Crippen LogP contribution in [0, 0.1) is 13.8 Å². The van der Waals surface area contributed by atoms with Crippen molar-refractivity contribution in [2.24, 2.45) is 7.05 Å². The normalized spacial score (nSPS) is 11.3. The number of aryl methyl sites for hydroxylation is 2. The van der Waals surface area contributed by atoms with E-state index in [0.29, 0.717) is 0 Å². The van der Waals surface area contributed by atoms with Gasteiger partial charge in [0.2, 0.25) is 0 Å². The molecular formula is C9H14N2O. The summed E-state index contributed by atoms with van der Waals surface area (Å²) in [5.74, 6) is 0. The summed E-state index contributed by atoms with van der Waals surface area (Å²) in [6.07, 6.45) is 3.62. The minimum absolute atomic E-state index is 0.0772. The highest BCUT2D eigenvalue weighted by Crippen LogP contribution is 2.12. The SMILES string of the molecule is Cc1nn(C)c(C)c1C=CCO. The Hall–Kier alpha value is -1.09. The molecule has 0 amide bonds. The third-order valence-corrected chi connectivity index (χ3v) is 1.95. The van der Waals surface area contributed by atoms with Gasteiger partial charge in [-0.15, -0.1) is 0 Å². The van der Waals surface area contributed by atoms with E-state index in [-0.39, 0.29) is 6.61 Å². The van der Waals surface area contributed by atoms with E-state index in [1.807, 2.05) is 31.7 Å². The van der Waals surface area contributed by atoms with E-state index in [1.165, 1.54) is 0 Å². The molecule has 0 aliphatic rings. The molecule has 3 nitrogen and oxygen atoms in total. The summed E-state index contributed by atoms with van der Waals surface area (Å²) in [6, 6.07) is 0. The molecule has 0 spiro atoms. The molecule has 1 aromatic rings. The van der Waals surface area contributed by atoms with E-state index in [4.69, 9.17) is 5.11 Å². The molecule has 1 aromatic heterocycles. The molecule has 0 unspecified atom stereocenters. The standard InChI is InChI=1S/C9H14N2O/c1-7-9(5-4-6-12)8(2)11(3)10-7/h4-5,12H,6H2,1-3H3. The molecule has 0 atom stereocenters. The minimum Gasteiger partial charge on any atom is -0.392 e. The lowest BCUT2D eigenvalue weighted by atomic mass is 10.2. The Balaban J connectivity index is 3.05. The Morgan fingerprint density at radius 2 is 2.17 bits per heavy atom. The van der Waals surface area contributed by atoms with Crippen LogP contribution in [0.5, 0.6) is 0 Å². The fourth-order valence-corrected chi connectivity index (χ4v) is 1.20. The second kappa shape index (κ2) is 3.54. The van der Waals surface area contributed by atoms with Gasteiger partial charge in [-0.05, 0) is 13.8 Å². The molecule has 3 heteroatoms. The van der Waals surface area contributed by atoms with Gasteiger partial charge in [0, 0.05) is 18.3 Å². The quantitative estimate of drug-likeness (QED) is 0.713. The van der Waals surface area contributed by atoms with Crippen LogP contribution in [0.4, 0.5) is 0 Å². The van der Waals surface area contributed by atoms with Crippen LogP contribution in [0.3, 0.4) is 0 Å². The van der Waals surface area contributed by atoms with Gasteiger partial charge in [-0.25, -0.2) is 0 Å². The van der Waals surface area contributed by atoms with Crippen molar-refractivity contribution in [2.75, 3.05) is 6.61 Å². The molecule has 0 radical (unpaired) electrons. The van der Waals surface area contributed by atoms with Crippen LogP contribution >= 0.6 is 0 Å². The summed E-state index contributed by atoms with van der Waals surface area (Å²) < 4.78 is 1.84. The number of hydrogen-bond donors (Lipinski definition) is 1. The predicted molar refractivity (Wildman–Crippen MR) is 48.8 cm³/mol. The van der Waals surface area contributed by atoms with Gasteiger partial charge in [-0.3, -0.25) is 4.68 Å². The molecule has 12 heavy (non-hydrogen) atoms. The highest BCUT2D eigenvalue weighted by atomic mass is 16.2. The van der Waals surface area contributed by atoms with E-state index in [0.717, 1.165) is 17.0 Å². The van der Waals surface area contributed by atoms with Crippen molar-refractivity contribution in [2.45, 2.75) is 13.8 Å². The Morgan fingerprint density at radius 1 is 1.50 bits per heavy atom. The summed E-state index contributed by atoms with van der Waals surface area (Å²) in [4.78, 5) is 0. The van der Waals surface area contributed by atoms with Crippen LogP contribution in [0.2, 0.25) is 0 Å². The van der Waals surface area contributed by atoms with Gasteiger partial charge in [0.15, 0.2) is 0 Å². The summed E-state index contributed by atoms with van der Waals surface area (Å²) in [7, 11) is 1.92. The van der Waals surface area contributed by atoms with Gasteiger partial charge in [-0.1, -0.05) is 12.2 Å². The Morgan fingerprint density at radius 3 is 2.58 bits per heavy atom. The first kappa shape index (κ1) is 9.00. The van der Waals surface area contributed by atoms with E-state index < -0.39 is 0 Å². The molecule has 66 valence electrons. The zero-order valence-electron chi connectivity index (χ0n) is 7.70. The molecule has 0 aliphatic heterocycles. The summed E-state index contributed by atoms with van der Waals surface area (Å²) in [5.41, 5.74) is 3.23. The largest absolute Gasteiger partial charge is 0.392 e. The van der Waals surface area contributed by atoms with Gasteiger partial charge in [0.05, 0.1) is 12.3 Å². The molecule has 1 N–H and O–H groups in total. The van der Waals surface area contributed by atoms with Crippen LogP contribution < -0.4 is 0 Å². The van der Waals surface area contributed by atoms with Crippen LogP contribution in [0.25, 0.3) is 6.08 Å². The molecule has 0 bridgehead atoms.